The van der Waals surface area contributed by atoms with E-state index in [0.717, 1.165) is 63.3 Å². The second-order valence-corrected chi connectivity index (χ2v) is 10.8. The van der Waals surface area contributed by atoms with Gasteiger partial charge in [0.2, 0.25) is 0 Å². The van der Waals surface area contributed by atoms with E-state index in [1.807, 2.05) is 18.3 Å². The molecule has 0 spiro atoms. The number of amidine groups is 1. The van der Waals surface area contributed by atoms with E-state index < -0.39 is 0 Å². The fourth-order valence-corrected chi connectivity index (χ4v) is 6.00. The fraction of sp³-hybridized carbons (Fsp3) is 0.346. The number of aromatic amines is 1. The highest BCUT2D eigenvalue weighted by Crippen LogP contribution is 2.44. The summed E-state index contributed by atoms with van der Waals surface area (Å²) in [5.41, 5.74) is 5.60. The number of H-pyrrole nitrogens is 1. The molecule has 1 saturated heterocycles. The van der Waals surface area contributed by atoms with Gasteiger partial charge in [0, 0.05) is 36.6 Å². The fourth-order valence-electron chi connectivity index (χ4n) is 4.75. The number of benzene rings is 2. The second kappa shape index (κ2) is 8.87. The number of amides is 1. The minimum absolute atomic E-state index is 0.136. The van der Waals surface area contributed by atoms with Crippen LogP contribution in [0.4, 0.5) is 0 Å². The van der Waals surface area contributed by atoms with Gasteiger partial charge in [0.05, 0.1) is 16.6 Å². The summed E-state index contributed by atoms with van der Waals surface area (Å²) in [4.78, 5) is 23.0. The molecule has 6 nitrogen and oxygen atoms in total. The highest BCUT2D eigenvalue weighted by Gasteiger charge is 2.32. The molecule has 6 rings (SSSR count). The number of likely N-dealkylation sites (N-methyl/N-ethyl adjacent to an activating group) is 1. The van der Waals surface area contributed by atoms with Crippen molar-refractivity contribution in [1.29, 1.82) is 0 Å². The van der Waals surface area contributed by atoms with Crippen molar-refractivity contribution in [3.05, 3.63) is 69.2 Å². The number of halogens is 1. The number of aliphatic imine (C=N–C) groups is 1. The lowest BCUT2D eigenvalue weighted by Crippen LogP contribution is -2.46. The summed E-state index contributed by atoms with van der Waals surface area (Å²) in [6.07, 6.45) is 4.90. The van der Waals surface area contributed by atoms with Crippen LogP contribution in [0.5, 0.6) is 0 Å². The van der Waals surface area contributed by atoms with E-state index in [0.29, 0.717) is 12.3 Å². The summed E-state index contributed by atoms with van der Waals surface area (Å²) in [5, 5.41) is 9.82. The van der Waals surface area contributed by atoms with Crippen molar-refractivity contribution < 1.29 is 4.79 Å². The zero-order valence-corrected chi connectivity index (χ0v) is 20.6. The van der Waals surface area contributed by atoms with Gasteiger partial charge in [0.25, 0.3) is 5.91 Å². The number of hydrogen-bond donors (Lipinski definition) is 1. The van der Waals surface area contributed by atoms with E-state index in [2.05, 4.69) is 56.3 Å². The van der Waals surface area contributed by atoms with E-state index in [1.54, 1.807) is 0 Å². The van der Waals surface area contributed by atoms with Gasteiger partial charge < -0.3 is 9.80 Å². The van der Waals surface area contributed by atoms with E-state index >= 15 is 0 Å². The summed E-state index contributed by atoms with van der Waals surface area (Å²) < 4.78 is 0. The van der Waals surface area contributed by atoms with E-state index in [9.17, 15) is 4.79 Å². The Hall–Kier alpha value is -2.61. The third kappa shape index (κ3) is 4.28. The molecule has 1 aliphatic carbocycles. The minimum Gasteiger partial charge on any atom is -0.348 e. The molecule has 3 heterocycles. The number of fused-ring (bicyclic) bond motifs is 1. The molecule has 0 unspecified atom stereocenters. The Morgan fingerprint density at radius 1 is 1.15 bits per heavy atom. The van der Waals surface area contributed by atoms with Crippen molar-refractivity contribution in [3.8, 4) is 0 Å². The number of allylic oxidation sites excluding steroid dienone is 1. The molecule has 0 radical (unpaired) electrons. The number of hydrogen-bond acceptors (Lipinski definition) is 5. The van der Waals surface area contributed by atoms with E-state index in [4.69, 9.17) is 11.6 Å². The quantitative estimate of drug-likeness (QED) is 0.524. The van der Waals surface area contributed by atoms with Gasteiger partial charge in [-0.2, -0.15) is 10.1 Å². The van der Waals surface area contributed by atoms with Crippen LogP contribution in [0.1, 0.15) is 35.4 Å². The molecule has 8 heteroatoms. The van der Waals surface area contributed by atoms with Gasteiger partial charge in [0.15, 0.2) is 5.17 Å². The van der Waals surface area contributed by atoms with Crippen LogP contribution in [-0.4, -0.2) is 64.3 Å². The zero-order chi connectivity index (χ0) is 23.2. The number of nitrogens with one attached hydrogen (secondary N) is 1. The van der Waals surface area contributed by atoms with Crippen LogP contribution < -0.4 is 0 Å². The van der Waals surface area contributed by atoms with Gasteiger partial charge >= 0.3 is 0 Å². The smallest absolute Gasteiger partial charge is 0.286 e. The van der Waals surface area contributed by atoms with Crippen molar-refractivity contribution in [2.75, 3.05) is 33.2 Å². The molecule has 2 aliphatic heterocycles. The molecule has 0 atom stereocenters. The lowest BCUT2D eigenvalue weighted by molar-refractivity contribution is -0.113. The molecule has 34 heavy (non-hydrogen) atoms. The molecule has 3 aliphatic rings. The number of nitrogens with zero attached hydrogens (tertiary/aromatic N) is 4. The average molecular weight is 492 g/mol. The maximum Gasteiger partial charge on any atom is 0.286 e. The Balaban J connectivity index is 1.40. The Labute approximate surface area is 208 Å². The van der Waals surface area contributed by atoms with Gasteiger partial charge in [-0.1, -0.05) is 23.7 Å². The zero-order valence-electron chi connectivity index (χ0n) is 19.1. The lowest BCUT2D eigenvalue weighted by atomic mass is 9.92. The van der Waals surface area contributed by atoms with Crippen LogP contribution in [0.25, 0.3) is 16.5 Å². The highest BCUT2D eigenvalue weighted by molar-refractivity contribution is 8.18. The van der Waals surface area contributed by atoms with Gasteiger partial charge in [-0.05, 0) is 90.5 Å². The molecule has 2 aromatic carbocycles. The molecule has 3 aromatic rings. The first-order valence-electron chi connectivity index (χ1n) is 11.7. The van der Waals surface area contributed by atoms with Gasteiger partial charge in [0.1, 0.15) is 0 Å². The summed E-state index contributed by atoms with van der Waals surface area (Å²) in [6, 6.07) is 12.4. The maximum atomic E-state index is 13.3. The first kappa shape index (κ1) is 21.9. The number of thioether (sulfide) groups is 1. The molecule has 2 fully saturated rings. The van der Waals surface area contributed by atoms with Crippen LogP contribution in [0, 0.1) is 0 Å². The largest absolute Gasteiger partial charge is 0.348 e. The van der Waals surface area contributed by atoms with Crippen LogP contribution in [0.2, 0.25) is 5.02 Å². The Morgan fingerprint density at radius 3 is 2.76 bits per heavy atom. The van der Waals surface area contributed by atoms with Gasteiger partial charge in [-0.25, -0.2) is 0 Å². The lowest BCUT2D eigenvalue weighted by Gasteiger charge is -2.33. The molecule has 1 amide bonds. The molecular formula is C26H26ClN5OS. The minimum atomic E-state index is -0.136. The van der Waals surface area contributed by atoms with Crippen molar-refractivity contribution in [2.45, 2.75) is 25.2 Å². The molecule has 1 saturated carbocycles. The third-order valence-electron chi connectivity index (χ3n) is 6.91. The normalized spacial score (nSPS) is 20.8. The second-order valence-electron chi connectivity index (χ2n) is 9.37. The molecule has 174 valence electrons. The van der Waals surface area contributed by atoms with Crippen LogP contribution in [-0.2, 0) is 11.2 Å². The number of piperazine rings is 1. The third-order valence-corrected chi connectivity index (χ3v) is 8.31. The molecular weight excluding hydrogens is 466 g/mol. The predicted molar refractivity (Wildman–Crippen MR) is 139 cm³/mol. The summed E-state index contributed by atoms with van der Waals surface area (Å²) in [5.74, 6) is 0.434. The maximum absolute atomic E-state index is 13.3. The Morgan fingerprint density at radius 2 is 1.97 bits per heavy atom. The van der Waals surface area contributed by atoms with Crippen LogP contribution in [0.15, 0.2) is 52.5 Å². The summed E-state index contributed by atoms with van der Waals surface area (Å²) >= 11 is 7.88. The van der Waals surface area contributed by atoms with Crippen molar-refractivity contribution in [1.82, 2.24) is 20.0 Å². The standard InChI is InChI=1S/C26H26ClN5OS/c1-31-8-10-32(11-9-31)26-29-25(33)24(34-26)22(17-5-7-23-19(12-17)15-28-30-23)13-18-4-6-20(27)14-21(18)16-2-3-16/h4-7,12,14-16H,2-3,8-11,13H2,1H3,(H,28,30). The first-order valence-corrected chi connectivity index (χ1v) is 12.9. The Kier molecular flexibility index (Phi) is 5.71. The monoisotopic (exact) mass is 491 g/mol. The van der Waals surface area contributed by atoms with Crippen molar-refractivity contribution >= 4 is 50.9 Å². The summed E-state index contributed by atoms with van der Waals surface area (Å²) in [7, 11) is 2.13. The SMILES string of the molecule is CN1CCN(C2=NC(=O)C(=C(Cc3ccc(Cl)cc3C3CC3)c3ccc4[nH]ncc4c3)S2)CC1. The predicted octanol–water partition coefficient (Wildman–Crippen LogP) is 4.92. The van der Waals surface area contributed by atoms with Crippen molar-refractivity contribution in [2.24, 2.45) is 4.99 Å². The number of aromatic nitrogens is 2. The average Bonchev–Trinajstić information content (AvgIpc) is 3.46. The molecule has 1 aromatic heterocycles. The number of carbonyl (C=O) groups is 1. The van der Waals surface area contributed by atoms with Gasteiger partial charge in [-0.3, -0.25) is 9.89 Å². The van der Waals surface area contributed by atoms with E-state index in [1.165, 1.54) is 35.7 Å². The first-order chi connectivity index (χ1) is 16.5. The number of carbonyl (C=O) groups excluding carboxylic acids is 1. The topological polar surface area (TPSA) is 64.6 Å². The summed E-state index contributed by atoms with van der Waals surface area (Å²) in [6.45, 7) is 3.74. The van der Waals surface area contributed by atoms with Crippen LogP contribution >= 0.6 is 23.4 Å². The molecule has 1 N–H and O–H groups in total. The van der Waals surface area contributed by atoms with E-state index in [-0.39, 0.29) is 5.91 Å². The molecule has 0 bridgehead atoms. The highest BCUT2D eigenvalue weighted by atomic mass is 35.5. The van der Waals surface area contributed by atoms with Gasteiger partial charge in [-0.15, -0.1) is 0 Å². The van der Waals surface area contributed by atoms with Crippen molar-refractivity contribution in [3.63, 3.8) is 0 Å². The number of rotatable bonds is 4. The van der Waals surface area contributed by atoms with Crippen LogP contribution in [0.3, 0.4) is 0 Å². The Bertz CT molecular complexity index is 1330.